The minimum absolute atomic E-state index is 0.0147. The summed E-state index contributed by atoms with van der Waals surface area (Å²) in [4.78, 5) is 36.0. The molecular formula is C27H35N3O3. The van der Waals surface area contributed by atoms with E-state index in [9.17, 15) is 9.59 Å². The number of carbonyl (C=O) groups excluding carboxylic acids is 2. The lowest BCUT2D eigenvalue weighted by molar-refractivity contribution is -0.146. The Balaban J connectivity index is 1.71. The summed E-state index contributed by atoms with van der Waals surface area (Å²) in [6.07, 6.45) is 8.12. The van der Waals surface area contributed by atoms with Crippen molar-refractivity contribution in [3.05, 3.63) is 59.9 Å². The van der Waals surface area contributed by atoms with Crippen molar-refractivity contribution < 1.29 is 14.3 Å². The van der Waals surface area contributed by atoms with Gasteiger partial charge in [-0.1, -0.05) is 37.5 Å². The molecule has 0 bridgehead atoms. The predicted octanol–water partition coefficient (Wildman–Crippen LogP) is 3.94. The number of aromatic nitrogens is 1. The van der Waals surface area contributed by atoms with Crippen molar-refractivity contribution in [1.82, 2.24) is 14.8 Å². The Morgan fingerprint density at radius 2 is 1.64 bits per heavy atom. The van der Waals surface area contributed by atoms with Gasteiger partial charge in [-0.2, -0.15) is 0 Å². The number of piperidine rings is 1. The molecular weight excluding hydrogens is 414 g/mol. The van der Waals surface area contributed by atoms with Crippen molar-refractivity contribution in [3.63, 3.8) is 0 Å². The standard InChI is InChI=1S/C27H35N3O3/c1-29(2)24(31)27(23-10-5-8-18-28-23)17-9-19-30(20-27)25(32)26(15-6-4-7-16-26)21-11-13-22(33-3)14-12-21/h5,8,10-14,18H,4,6-7,9,15-17,19-20H2,1-3H3/t27-/m0/s1. The van der Waals surface area contributed by atoms with Gasteiger partial charge in [0.1, 0.15) is 11.2 Å². The molecule has 2 heterocycles. The number of carbonyl (C=O) groups is 2. The van der Waals surface area contributed by atoms with Crippen LogP contribution in [0.5, 0.6) is 5.75 Å². The van der Waals surface area contributed by atoms with Gasteiger partial charge in [-0.15, -0.1) is 0 Å². The quantitative estimate of drug-likeness (QED) is 0.694. The summed E-state index contributed by atoms with van der Waals surface area (Å²) in [5.74, 6) is 0.959. The van der Waals surface area contributed by atoms with E-state index < -0.39 is 10.8 Å². The van der Waals surface area contributed by atoms with E-state index in [-0.39, 0.29) is 11.8 Å². The van der Waals surface area contributed by atoms with Crippen molar-refractivity contribution in [1.29, 1.82) is 0 Å². The fourth-order valence-electron chi connectivity index (χ4n) is 5.79. The topological polar surface area (TPSA) is 62.7 Å². The minimum atomic E-state index is -0.811. The summed E-state index contributed by atoms with van der Waals surface area (Å²) in [6, 6.07) is 13.7. The number of methoxy groups -OCH3 is 1. The van der Waals surface area contributed by atoms with Crippen LogP contribution in [-0.4, -0.2) is 60.9 Å². The molecule has 1 aliphatic heterocycles. The number of benzene rings is 1. The Labute approximate surface area is 196 Å². The van der Waals surface area contributed by atoms with E-state index in [0.717, 1.165) is 55.5 Å². The zero-order chi connectivity index (χ0) is 23.5. The van der Waals surface area contributed by atoms with E-state index in [1.54, 1.807) is 32.3 Å². The number of amides is 2. The third-order valence-electron chi connectivity index (χ3n) is 7.51. The van der Waals surface area contributed by atoms with Crippen molar-refractivity contribution in [2.75, 3.05) is 34.3 Å². The molecule has 6 nitrogen and oxygen atoms in total. The molecule has 4 rings (SSSR count). The van der Waals surface area contributed by atoms with Crippen LogP contribution >= 0.6 is 0 Å². The van der Waals surface area contributed by atoms with Crippen LogP contribution in [0, 0.1) is 0 Å². The largest absolute Gasteiger partial charge is 0.497 e. The first-order chi connectivity index (χ1) is 15.9. The van der Waals surface area contributed by atoms with E-state index in [1.165, 1.54) is 0 Å². The maximum atomic E-state index is 14.3. The fraction of sp³-hybridized carbons (Fsp3) is 0.519. The number of ether oxygens (including phenoxy) is 1. The molecule has 2 aliphatic rings. The number of rotatable bonds is 5. The second-order valence-corrected chi connectivity index (χ2v) is 9.70. The molecule has 2 aromatic rings. The van der Waals surface area contributed by atoms with Crippen LogP contribution in [0.2, 0.25) is 0 Å². The second kappa shape index (κ2) is 9.54. The predicted molar refractivity (Wildman–Crippen MR) is 128 cm³/mol. The van der Waals surface area contributed by atoms with Crippen LogP contribution in [-0.2, 0) is 20.4 Å². The first-order valence-corrected chi connectivity index (χ1v) is 12.0. The highest BCUT2D eigenvalue weighted by Crippen LogP contribution is 2.44. The van der Waals surface area contributed by atoms with E-state index in [0.29, 0.717) is 19.5 Å². The van der Waals surface area contributed by atoms with Crippen molar-refractivity contribution in [2.24, 2.45) is 0 Å². The number of likely N-dealkylation sites (N-methyl/N-ethyl adjacent to an activating group) is 1. The van der Waals surface area contributed by atoms with Gasteiger partial charge < -0.3 is 14.5 Å². The van der Waals surface area contributed by atoms with Crippen LogP contribution in [0.3, 0.4) is 0 Å². The summed E-state index contributed by atoms with van der Waals surface area (Å²) in [5.41, 5.74) is 0.456. The van der Waals surface area contributed by atoms with Gasteiger partial charge in [-0.25, -0.2) is 0 Å². The van der Waals surface area contributed by atoms with Crippen LogP contribution in [0.25, 0.3) is 0 Å². The highest BCUT2D eigenvalue weighted by molar-refractivity contribution is 5.92. The summed E-state index contributed by atoms with van der Waals surface area (Å²) in [6.45, 7) is 1.05. The fourth-order valence-corrected chi connectivity index (χ4v) is 5.79. The Hall–Kier alpha value is -2.89. The zero-order valence-electron chi connectivity index (χ0n) is 20.0. The van der Waals surface area contributed by atoms with E-state index in [4.69, 9.17) is 4.74 Å². The van der Waals surface area contributed by atoms with Crippen LogP contribution in [0.15, 0.2) is 48.7 Å². The molecule has 0 N–H and O–H groups in total. The lowest BCUT2D eigenvalue weighted by Crippen LogP contribution is -2.59. The Morgan fingerprint density at radius 1 is 0.939 bits per heavy atom. The number of likely N-dealkylation sites (tertiary alicyclic amines) is 1. The SMILES string of the molecule is COc1ccc(C2(C(=O)N3CCC[C@@](C(=O)N(C)C)(c4ccccn4)C3)CCCCC2)cc1. The van der Waals surface area contributed by atoms with Crippen LogP contribution < -0.4 is 4.74 Å². The molecule has 0 unspecified atom stereocenters. The maximum absolute atomic E-state index is 14.3. The van der Waals surface area contributed by atoms with Gasteiger partial charge in [0.05, 0.1) is 18.2 Å². The third kappa shape index (κ3) is 4.23. The molecule has 6 heteroatoms. The lowest BCUT2D eigenvalue weighted by Gasteiger charge is -2.47. The molecule has 1 aromatic heterocycles. The van der Waals surface area contributed by atoms with E-state index in [1.807, 2.05) is 47.4 Å². The van der Waals surface area contributed by atoms with Crippen LogP contribution in [0.1, 0.15) is 56.2 Å². The van der Waals surface area contributed by atoms with E-state index in [2.05, 4.69) is 4.98 Å². The molecule has 0 spiro atoms. The third-order valence-corrected chi connectivity index (χ3v) is 7.51. The van der Waals surface area contributed by atoms with Gasteiger partial charge >= 0.3 is 0 Å². The Bertz CT molecular complexity index is 968. The lowest BCUT2D eigenvalue weighted by atomic mass is 9.67. The van der Waals surface area contributed by atoms with Gasteiger partial charge in [-0.05, 0) is 55.5 Å². The molecule has 33 heavy (non-hydrogen) atoms. The molecule has 1 saturated heterocycles. The molecule has 1 aromatic carbocycles. The Morgan fingerprint density at radius 3 is 2.24 bits per heavy atom. The highest BCUT2D eigenvalue weighted by atomic mass is 16.5. The van der Waals surface area contributed by atoms with Crippen molar-refractivity contribution in [2.45, 2.75) is 55.8 Å². The van der Waals surface area contributed by atoms with Gasteiger partial charge in [0, 0.05) is 33.4 Å². The zero-order valence-corrected chi connectivity index (χ0v) is 20.0. The molecule has 176 valence electrons. The summed E-state index contributed by atoms with van der Waals surface area (Å²) >= 11 is 0. The molecule has 0 radical (unpaired) electrons. The van der Waals surface area contributed by atoms with Gasteiger partial charge in [-0.3, -0.25) is 14.6 Å². The molecule has 2 fully saturated rings. The minimum Gasteiger partial charge on any atom is -0.497 e. The monoisotopic (exact) mass is 449 g/mol. The molecule has 1 atom stereocenters. The normalized spacial score (nSPS) is 22.5. The summed E-state index contributed by atoms with van der Waals surface area (Å²) in [7, 11) is 5.23. The summed E-state index contributed by atoms with van der Waals surface area (Å²) in [5, 5.41) is 0. The Kier molecular flexibility index (Phi) is 6.73. The smallest absolute Gasteiger partial charge is 0.236 e. The number of hydrogen-bond acceptors (Lipinski definition) is 4. The van der Waals surface area contributed by atoms with Crippen molar-refractivity contribution in [3.8, 4) is 5.75 Å². The molecule has 1 saturated carbocycles. The second-order valence-electron chi connectivity index (χ2n) is 9.70. The molecule has 2 amide bonds. The first kappa shape index (κ1) is 23.3. The summed E-state index contributed by atoms with van der Waals surface area (Å²) < 4.78 is 5.35. The van der Waals surface area contributed by atoms with Crippen molar-refractivity contribution >= 4 is 11.8 Å². The number of nitrogens with zero attached hydrogens (tertiary/aromatic N) is 3. The number of hydrogen-bond donors (Lipinski definition) is 0. The van der Waals surface area contributed by atoms with E-state index >= 15 is 0 Å². The maximum Gasteiger partial charge on any atom is 0.236 e. The first-order valence-electron chi connectivity index (χ1n) is 12.0. The molecule has 1 aliphatic carbocycles. The highest BCUT2D eigenvalue weighted by Gasteiger charge is 2.50. The average molecular weight is 450 g/mol. The van der Waals surface area contributed by atoms with Gasteiger partial charge in [0.2, 0.25) is 11.8 Å². The van der Waals surface area contributed by atoms with Gasteiger partial charge in [0.15, 0.2) is 0 Å². The van der Waals surface area contributed by atoms with Crippen LogP contribution in [0.4, 0.5) is 0 Å². The number of pyridine rings is 1. The average Bonchev–Trinajstić information content (AvgIpc) is 2.88. The van der Waals surface area contributed by atoms with Gasteiger partial charge in [0.25, 0.3) is 0 Å².